The molecule has 1 fully saturated rings. The number of carbonyl (C=O) groups excluding carboxylic acids is 1. The second-order valence-electron chi connectivity index (χ2n) is 9.62. The normalized spacial score (nSPS) is 14.8. The summed E-state index contributed by atoms with van der Waals surface area (Å²) < 4.78 is 27.7. The molecule has 0 spiro atoms. The maximum Gasteiger partial charge on any atom is 0.262 e. The number of phenolic OH excluding ortho intramolecular Hbond substituents is 2. The number of halogens is 1. The number of sulfonamides is 1. The van der Waals surface area contributed by atoms with E-state index in [-0.39, 0.29) is 33.5 Å². The molecule has 0 bridgehead atoms. The van der Waals surface area contributed by atoms with Crippen LogP contribution in [0.1, 0.15) is 15.9 Å². The number of likely N-dealkylation sites (N-methyl/N-ethyl adjacent to an activating group) is 1. The van der Waals surface area contributed by atoms with Crippen molar-refractivity contribution in [1.29, 1.82) is 0 Å². The second-order valence-corrected chi connectivity index (χ2v) is 12.7. The highest BCUT2D eigenvalue weighted by atomic mass is 35.5. The molecule has 1 saturated heterocycles. The highest BCUT2D eigenvalue weighted by molar-refractivity contribution is 7.89. The Morgan fingerprint density at radius 1 is 0.925 bits per heavy atom. The van der Waals surface area contributed by atoms with Gasteiger partial charge >= 0.3 is 0 Å². The van der Waals surface area contributed by atoms with Gasteiger partial charge in [0.25, 0.3) is 5.91 Å². The van der Waals surface area contributed by atoms with Gasteiger partial charge in [0.15, 0.2) is 0 Å². The minimum absolute atomic E-state index is 0.0285. The zero-order valence-electron chi connectivity index (χ0n) is 21.7. The maximum absolute atomic E-state index is 13.6. The van der Waals surface area contributed by atoms with Crippen molar-refractivity contribution in [3.05, 3.63) is 93.6 Å². The summed E-state index contributed by atoms with van der Waals surface area (Å²) in [6.07, 6.45) is 0. The van der Waals surface area contributed by atoms with Crippen LogP contribution in [-0.4, -0.2) is 67.0 Å². The Hall–Kier alpha value is -3.41. The van der Waals surface area contributed by atoms with Gasteiger partial charge in [0.2, 0.25) is 10.0 Å². The summed E-state index contributed by atoms with van der Waals surface area (Å²) in [7, 11) is -1.57. The van der Waals surface area contributed by atoms with Crippen LogP contribution in [0.5, 0.6) is 11.5 Å². The van der Waals surface area contributed by atoms with Crippen molar-refractivity contribution >= 4 is 44.6 Å². The molecule has 208 valence electrons. The number of benzene rings is 3. The Labute approximate surface area is 242 Å². The Kier molecular flexibility index (Phi) is 8.16. The number of rotatable bonds is 7. The molecule has 1 aliphatic heterocycles. The summed E-state index contributed by atoms with van der Waals surface area (Å²) in [5.41, 5.74) is 3.18. The molecule has 1 amide bonds. The molecular formula is C29H28ClN3O5S2. The first kappa shape index (κ1) is 28.1. The smallest absolute Gasteiger partial charge is 0.262 e. The largest absolute Gasteiger partial charge is 0.507 e. The molecule has 1 aromatic heterocycles. The predicted molar refractivity (Wildman–Crippen MR) is 158 cm³/mol. The third kappa shape index (κ3) is 5.86. The van der Waals surface area contributed by atoms with Crippen LogP contribution in [-0.2, 0) is 16.6 Å². The summed E-state index contributed by atoms with van der Waals surface area (Å²) >= 11 is 7.54. The van der Waals surface area contributed by atoms with E-state index < -0.39 is 15.9 Å². The predicted octanol–water partition coefficient (Wildman–Crippen LogP) is 5.26. The number of hydrogen-bond donors (Lipinski definition) is 2. The third-order valence-corrected chi connectivity index (χ3v) is 9.88. The number of aromatic hydroxyl groups is 2. The van der Waals surface area contributed by atoms with Crippen LogP contribution in [0.15, 0.2) is 82.4 Å². The second kappa shape index (κ2) is 11.6. The monoisotopic (exact) mass is 597 g/mol. The summed E-state index contributed by atoms with van der Waals surface area (Å²) in [4.78, 5) is 17.5. The van der Waals surface area contributed by atoms with Crippen LogP contribution in [0.4, 0.5) is 5.69 Å². The van der Waals surface area contributed by atoms with E-state index in [1.807, 2.05) is 36.0 Å². The molecular weight excluding hydrogens is 570 g/mol. The zero-order chi connectivity index (χ0) is 28.4. The van der Waals surface area contributed by atoms with Gasteiger partial charge in [-0.25, -0.2) is 8.42 Å². The van der Waals surface area contributed by atoms with Gasteiger partial charge in [-0.1, -0.05) is 35.9 Å². The van der Waals surface area contributed by atoms with Gasteiger partial charge in [-0.3, -0.25) is 4.79 Å². The Bertz CT molecular complexity index is 1600. The lowest BCUT2D eigenvalue weighted by Crippen LogP contribution is -2.46. The number of amides is 1. The molecule has 40 heavy (non-hydrogen) atoms. The highest BCUT2D eigenvalue weighted by Gasteiger charge is 2.27. The van der Waals surface area contributed by atoms with Crippen molar-refractivity contribution in [3.63, 3.8) is 0 Å². The molecule has 2 N–H and O–H groups in total. The van der Waals surface area contributed by atoms with E-state index in [1.165, 1.54) is 26.6 Å². The van der Waals surface area contributed by atoms with Crippen LogP contribution < -0.4 is 4.90 Å². The minimum atomic E-state index is -3.55. The zero-order valence-corrected chi connectivity index (χ0v) is 24.1. The minimum Gasteiger partial charge on any atom is -0.507 e. The Morgan fingerprint density at radius 2 is 1.55 bits per heavy atom. The number of anilines is 1. The first-order chi connectivity index (χ1) is 19.1. The van der Waals surface area contributed by atoms with Crippen LogP contribution in [0.2, 0.25) is 5.02 Å². The molecule has 3 aromatic carbocycles. The lowest BCUT2D eigenvalue weighted by Gasteiger charge is -2.31. The van der Waals surface area contributed by atoms with E-state index in [4.69, 9.17) is 11.6 Å². The molecule has 0 saturated carbocycles. The summed E-state index contributed by atoms with van der Waals surface area (Å²) in [5.74, 6) is -1.16. The van der Waals surface area contributed by atoms with Gasteiger partial charge in [-0.2, -0.15) is 15.6 Å². The summed E-state index contributed by atoms with van der Waals surface area (Å²) in [6, 6.07) is 18.3. The van der Waals surface area contributed by atoms with Gasteiger partial charge in [0.1, 0.15) is 11.5 Å². The quantitative estimate of drug-likeness (QED) is 0.301. The third-order valence-electron chi connectivity index (χ3n) is 6.93. The maximum atomic E-state index is 13.6. The van der Waals surface area contributed by atoms with E-state index >= 15 is 0 Å². The van der Waals surface area contributed by atoms with Crippen LogP contribution in [0.3, 0.4) is 0 Å². The topological polar surface area (TPSA) is 101 Å². The van der Waals surface area contributed by atoms with E-state index in [9.17, 15) is 23.4 Å². The van der Waals surface area contributed by atoms with Crippen molar-refractivity contribution < 1.29 is 23.4 Å². The van der Waals surface area contributed by atoms with Crippen LogP contribution >= 0.6 is 22.9 Å². The molecule has 8 nitrogen and oxygen atoms in total. The number of thiophene rings is 1. The molecule has 2 heterocycles. The highest BCUT2D eigenvalue weighted by Crippen LogP contribution is 2.34. The molecule has 1 aliphatic rings. The van der Waals surface area contributed by atoms with Gasteiger partial charge in [0.05, 0.1) is 22.0 Å². The van der Waals surface area contributed by atoms with Gasteiger partial charge in [0, 0.05) is 37.9 Å². The lowest BCUT2D eigenvalue weighted by atomic mass is 10.0. The van der Waals surface area contributed by atoms with E-state index in [2.05, 4.69) is 4.90 Å². The molecule has 0 aliphatic carbocycles. The fourth-order valence-electron chi connectivity index (χ4n) is 4.54. The summed E-state index contributed by atoms with van der Waals surface area (Å²) in [6.45, 7) is 2.61. The molecule has 4 aromatic rings. The first-order valence-electron chi connectivity index (χ1n) is 12.6. The number of piperazine rings is 1. The van der Waals surface area contributed by atoms with Crippen LogP contribution in [0, 0.1) is 0 Å². The van der Waals surface area contributed by atoms with Crippen molar-refractivity contribution in [2.45, 2.75) is 11.4 Å². The fourth-order valence-corrected chi connectivity index (χ4v) is 6.79. The molecule has 0 atom stereocenters. The lowest BCUT2D eigenvalue weighted by molar-refractivity contribution is 0.0982. The molecule has 5 rings (SSSR count). The van der Waals surface area contributed by atoms with Crippen molar-refractivity contribution in [2.75, 3.05) is 38.1 Å². The van der Waals surface area contributed by atoms with Gasteiger partial charge in [-0.15, -0.1) is 0 Å². The SMILES string of the molecule is CN1CCN(S(=O)(=O)c2ccc(-c3ccc(N(Cc4ccsc4)C(=O)c4cc(Cl)c(O)cc4O)cc3)cc2)CC1. The van der Waals surface area contributed by atoms with E-state index in [1.54, 1.807) is 36.4 Å². The van der Waals surface area contributed by atoms with Gasteiger partial charge < -0.3 is 20.0 Å². The van der Waals surface area contributed by atoms with Crippen molar-refractivity contribution in [2.24, 2.45) is 0 Å². The average Bonchev–Trinajstić information content (AvgIpc) is 3.47. The standard InChI is InChI=1S/C29H28ClN3O5S2/c1-31-11-13-32(14-12-31)40(37,38)24-8-4-22(5-9-24)21-2-6-23(7-3-21)33(18-20-10-15-39-19-20)29(36)25-16-26(30)28(35)17-27(25)34/h2-10,15-17,19,34-35H,11-14,18H2,1H3. The average molecular weight is 598 g/mol. The Morgan fingerprint density at radius 3 is 2.15 bits per heavy atom. The molecule has 0 radical (unpaired) electrons. The van der Waals surface area contributed by atoms with Crippen molar-refractivity contribution in [3.8, 4) is 22.6 Å². The summed E-state index contributed by atoms with van der Waals surface area (Å²) in [5, 5.41) is 24.0. The number of nitrogens with zero attached hydrogens (tertiary/aromatic N) is 3. The number of carbonyl (C=O) groups is 1. The van der Waals surface area contributed by atoms with Crippen molar-refractivity contribution in [1.82, 2.24) is 9.21 Å². The number of phenols is 2. The van der Waals surface area contributed by atoms with E-state index in [0.717, 1.165) is 22.8 Å². The Balaban J connectivity index is 1.40. The molecule has 11 heteroatoms. The molecule has 0 unspecified atom stereocenters. The van der Waals surface area contributed by atoms with Gasteiger partial charge in [-0.05, 0) is 70.9 Å². The van der Waals surface area contributed by atoms with Crippen LogP contribution in [0.25, 0.3) is 11.1 Å². The fraction of sp³-hybridized carbons (Fsp3) is 0.207. The number of hydrogen-bond acceptors (Lipinski definition) is 7. The first-order valence-corrected chi connectivity index (χ1v) is 15.3. The van der Waals surface area contributed by atoms with E-state index in [0.29, 0.717) is 31.9 Å².